The lowest BCUT2D eigenvalue weighted by atomic mass is 9.89. The Morgan fingerprint density at radius 3 is 0.833 bits per heavy atom. The second kappa shape index (κ2) is 29.7. The van der Waals surface area contributed by atoms with Crippen molar-refractivity contribution in [1.82, 2.24) is 38.2 Å². The number of hydrogen-bond donors (Lipinski definition) is 0. The summed E-state index contributed by atoms with van der Waals surface area (Å²) in [6, 6.07) is 141. The monoisotopic (exact) mass is 1530 g/mol. The maximum Gasteiger partial charge on any atom is 0.160 e. The molecular weight excluding hydrogens is 1470 g/mol. The van der Waals surface area contributed by atoms with Crippen LogP contribution >= 0.6 is 0 Å². The summed E-state index contributed by atoms with van der Waals surface area (Å²) in [6.07, 6.45) is 0. The molecule has 22 aromatic rings. The van der Waals surface area contributed by atoms with Gasteiger partial charge in [-0.3, -0.25) is 0 Å². The zero-order chi connectivity index (χ0) is 80.3. The van der Waals surface area contributed by atoms with Crippen LogP contribution in [0.15, 0.2) is 388 Å². The number of rotatable bonds is 12. The van der Waals surface area contributed by atoms with Gasteiger partial charge in [-0.1, -0.05) is 291 Å². The summed E-state index contributed by atoms with van der Waals surface area (Å²) in [6.45, 7) is 0. The molecule has 0 radical (unpaired) electrons. The van der Waals surface area contributed by atoms with Gasteiger partial charge in [0.1, 0.15) is 23.3 Å². The van der Waals surface area contributed by atoms with Crippen LogP contribution in [0.2, 0.25) is 0 Å². The number of hydrogen-bond acceptors (Lipinski definition) is 8. The first kappa shape index (κ1) is 70.7. The Labute approximate surface area is 689 Å². The average molecular weight is 1530 g/mol. The van der Waals surface area contributed by atoms with E-state index in [9.17, 15) is 21.0 Å². The number of nitrogens with zero attached hydrogens (tertiary/aromatic N) is 12. The number of benzene rings is 16. The molecule has 0 saturated heterocycles. The molecule has 556 valence electrons. The second-order valence-corrected chi connectivity index (χ2v) is 29.5. The van der Waals surface area contributed by atoms with E-state index in [1.54, 1.807) is 0 Å². The van der Waals surface area contributed by atoms with Crippen LogP contribution in [0.5, 0.6) is 0 Å². The maximum atomic E-state index is 11.3. The Hall–Kier alpha value is -17.2. The summed E-state index contributed by atoms with van der Waals surface area (Å²) >= 11 is 0. The third-order valence-corrected chi connectivity index (χ3v) is 22.8. The average Bonchev–Trinajstić information content (AvgIpc) is 1.57. The van der Waals surface area contributed by atoms with Crippen LogP contribution in [0.1, 0.15) is 22.3 Å². The van der Waals surface area contributed by atoms with E-state index in [1.165, 1.54) is 0 Å². The summed E-state index contributed by atoms with van der Waals surface area (Å²) in [4.78, 5) is 20.0. The van der Waals surface area contributed by atoms with Gasteiger partial charge in [-0.2, -0.15) is 21.0 Å². The zero-order valence-electron chi connectivity index (χ0n) is 64.3. The highest BCUT2D eigenvalue weighted by Gasteiger charge is 2.31. The van der Waals surface area contributed by atoms with Gasteiger partial charge >= 0.3 is 0 Å². The van der Waals surface area contributed by atoms with Gasteiger partial charge in [-0.15, -0.1) is 0 Å². The van der Waals surface area contributed by atoms with Gasteiger partial charge < -0.3 is 18.3 Å². The molecule has 6 heterocycles. The van der Waals surface area contributed by atoms with E-state index in [0.29, 0.717) is 67.8 Å². The highest BCUT2D eigenvalue weighted by atomic mass is 15.0. The topological polar surface area (TPSA) is 166 Å². The number of para-hydroxylation sites is 8. The standard InChI is InChI=1S/2C54H32N6/c55-33-38-31-37(53-44(34-56)52(35-17-5-1-6-18-35)57-54(58-53)36-19-7-2-8-20-36)29-30-41(38)51-49-42-25-13-15-27-45(42)59(39-21-9-3-10-22-39)47(49)32-48-50(51)43-26-14-16-28-46(43)60(48)40-23-11-4-12-24-40;55-33-38-31-37(51-46(34-56)50(35-17-5-1-6-18-35)57-54(58-51)36-19-7-2-8-20-36)29-30-41(38)49-52-44(42-25-13-15-27-47(42)59(52)39-21-9-3-10-22-39)32-45-43-26-14-16-28-48(43)60(53(45)49)40-23-11-4-12-24-40/h2*1-32H. The Bertz CT molecular complexity index is 7750. The number of nitriles is 4. The van der Waals surface area contributed by atoms with Gasteiger partial charge in [0.05, 0.1) is 90.2 Å². The lowest BCUT2D eigenvalue weighted by Gasteiger charge is -2.18. The molecule has 0 bridgehead atoms. The van der Waals surface area contributed by atoms with Crippen molar-refractivity contribution >= 4 is 87.2 Å². The van der Waals surface area contributed by atoms with Crippen LogP contribution in [0, 0.1) is 45.3 Å². The SMILES string of the molecule is N#Cc1cc(-c2nc(-c3ccccc3)nc(-c3ccccc3)c2C#N)ccc1-c1c2c(cc3c4ccccc4n(-c4ccccc4)c13)c1ccccc1n2-c1ccccc1.N#Cc1cc(-c2nc(-c3ccccc3)nc(-c3ccccc3)c2C#N)ccc1-c1c2c3ccccc3n(-c3ccccc3)c2cc2c1c1ccccc1n2-c1ccccc1. The van der Waals surface area contributed by atoms with E-state index >= 15 is 0 Å². The summed E-state index contributed by atoms with van der Waals surface area (Å²) in [7, 11) is 0. The molecule has 0 fully saturated rings. The molecule has 16 aromatic carbocycles. The van der Waals surface area contributed by atoms with E-state index in [-0.39, 0.29) is 0 Å². The molecule has 12 heteroatoms. The smallest absolute Gasteiger partial charge is 0.160 e. The second-order valence-electron chi connectivity index (χ2n) is 29.5. The van der Waals surface area contributed by atoms with Crippen molar-refractivity contribution < 1.29 is 0 Å². The van der Waals surface area contributed by atoms with Crippen LogP contribution < -0.4 is 0 Å². The fourth-order valence-electron chi connectivity index (χ4n) is 17.7. The first-order valence-corrected chi connectivity index (χ1v) is 39.6. The highest BCUT2D eigenvalue weighted by molar-refractivity contribution is 6.30. The van der Waals surface area contributed by atoms with E-state index in [4.69, 9.17) is 19.9 Å². The van der Waals surface area contributed by atoms with Crippen LogP contribution in [-0.4, -0.2) is 38.2 Å². The molecule has 0 unspecified atom stereocenters. The van der Waals surface area contributed by atoms with Gasteiger partial charge in [-0.25, -0.2) is 19.9 Å². The van der Waals surface area contributed by atoms with E-state index in [0.717, 1.165) is 154 Å². The van der Waals surface area contributed by atoms with Crippen molar-refractivity contribution in [1.29, 1.82) is 21.0 Å². The molecule has 6 aromatic heterocycles. The van der Waals surface area contributed by atoms with Crippen molar-refractivity contribution in [2.24, 2.45) is 0 Å². The maximum absolute atomic E-state index is 11.3. The fraction of sp³-hybridized carbons (Fsp3) is 0. The molecule has 0 N–H and O–H groups in total. The fourth-order valence-corrected chi connectivity index (χ4v) is 17.7. The third-order valence-electron chi connectivity index (χ3n) is 22.8. The Morgan fingerprint density at radius 2 is 0.492 bits per heavy atom. The molecular formula is C108H64N12. The summed E-state index contributed by atoms with van der Waals surface area (Å²) in [5, 5.41) is 52.8. The predicted molar refractivity (Wildman–Crippen MR) is 484 cm³/mol. The van der Waals surface area contributed by atoms with Crippen LogP contribution in [0.3, 0.4) is 0 Å². The molecule has 0 saturated carbocycles. The van der Waals surface area contributed by atoms with Gasteiger partial charge in [-0.05, 0) is 97.1 Å². The van der Waals surface area contributed by atoms with Crippen molar-refractivity contribution in [2.45, 2.75) is 0 Å². The van der Waals surface area contributed by atoms with Crippen molar-refractivity contribution in [3.63, 3.8) is 0 Å². The first-order chi connectivity index (χ1) is 59.4. The minimum Gasteiger partial charge on any atom is -0.309 e. The summed E-state index contributed by atoms with van der Waals surface area (Å²) in [5.41, 5.74) is 24.1. The Balaban J connectivity index is 0.000000148. The largest absolute Gasteiger partial charge is 0.309 e. The Morgan fingerprint density at radius 1 is 0.208 bits per heavy atom. The quantitative estimate of drug-likeness (QED) is 0.117. The molecule has 0 aliphatic heterocycles. The van der Waals surface area contributed by atoms with E-state index in [2.05, 4.69) is 249 Å². The zero-order valence-corrected chi connectivity index (χ0v) is 64.3. The van der Waals surface area contributed by atoms with Crippen LogP contribution in [-0.2, 0) is 0 Å². The van der Waals surface area contributed by atoms with Crippen molar-refractivity contribution in [3.05, 3.63) is 411 Å². The Kier molecular flexibility index (Phi) is 17.5. The number of aromatic nitrogens is 8. The van der Waals surface area contributed by atoms with Gasteiger partial charge in [0, 0.05) is 121 Å². The third kappa shape index (κ3) is 11.7. The molecule has 0 atom stereocenters. The van der Waals surface area contributed by atoms with Crippen LogP contribution in [0.25, 0.3) is 200 Å². The predicted octanol–water partition coefficient (Wildman–Crippen LogP) is 26.2. The van der Waals surface area contributed by atoms with Gasteiger partial charge in [0.2, 0.25) is 0 Å². The molecule has 0 aliphatic rings. The minimum absolute atomic E-state index is 0.343. The minimum atomic E-state index is 0.343. The van der Waals surface area contributed by atoms with Gasteiger partial charge in [0.25, 0.3) is 0 Å². The molecule has 22 rings (SSSR count). The normalized spacial score (nSPS) is 11.3. The van der Waals surface area contributed by atoms with Crippen molar-refractivity contribution in [3.8, 4) is 137 Å². The molecule has 12 nitrogen and oxygen atoms in total. The highest BCUT2D eigenvalue weighted by Crippen LogP contribution is 2.51. The molecule has 120 heavy (non-hydrogen) atoms. The molecule has 0 spiro atoms. The van der Waals surface area contributed by atoms with Gasteiger partial charge in [0.15, 0.2) is 11.6 Å². The number of fused-ring (bicyclic) bond motifs is 12. The molecule has 0 aliphatic carbocycles. The molecule has 0 amide bonds. The van der Waals surface area contributed by atoms with E-state index in [1.807, 2.05) is 182 Å². The lowest BCUT2D eigenvalue weighted by molar-refractivity contribution is 1.16. The summed E-state index contributed by atoms with van der Waals surface area (Å²) < 4.78 is 9.32. The first-order valence-electron chi connectivity index (χ1n) is 39.6. The van der Waals surface area contributed by atoms with Crippen LogP contribution in [0.4, 0.5) is 0 Å². The van der Waals surface area contributed by atoms with Crippen molar-refractivity contribution in [2.75, 3.05) is 0 Å². The lowest BCUT2D eigenvalue weighted by Crippen LogP contribution is -2.02. The summed E-state index contributed by atoms with van der Waals surface area (Å²) in [5.74, 6) is 0.997. The van der Waals surface area contributed by atoms with E-state index < -0.39 is 0 Å².